The van der Waals surface area contributed by atoms with Crippen LogP contribution in [-0.4, -0.2) is 60.3 Å². The van der Waals surface area contributed by atoms with Crippen molar-refractivity contribution in [1.82, 2.24) is 30.1 Å². The van der Waals surface area contributed by atoms with Crippen LogP contribution in [0.5, 0.6) is 0 Å². The number of carbonyl (C=O) groups excluding carboxylic acids is 1. The number of amides is 1. The fraction of sp³-hybridized carbons (Fsp3) is 0.421. The predicted octanol–water partition coefficient (Wildman–Crippen LogP) is 0.982. The van der Waals surface area contributed by atoms with Gasteiger partial charge in [-0.2, -0.15) is 0 Å². The highest BCUT2D eigenvalue weighted by Gasteiger charge is 2.34. The van der Waals surface area contributed by atoms with Crippen LogP contribution >= 0.6 is 0 Å². The van der Waals surface area contributed by atoms with E-state index in [9.17, 15) is 9.90 Å². The van der Waals surface area contributed by atoms with Gasteiger partial charge in [-0.3, -0.25) is 9.78 Å². The number of aromatic nitrogens is 5. The number of pyridine rings is 1. The number of hydrogen-bond donors (Lipinski definition) is 1. The zero-order valence-corrected chi connectivity index (χ0v) is 15.2. The summed E-state index contributed by atoms with van der Waals surface area (Å²) in [6.07, 6.45) is 2.33. The molecule has 4 rings (SSSR count). The van der Waals surface area contributed by atoms with E-state index in [0.717, 1.165) is 22.9 Å². The fourth-order valence-electron chi connectivity index (χ4n) is 3.69. The normalized spacial score (nSPS) is 19.7. The zero-order valence-electron chi connectivity index (χ0n) is 15.2. The van der Waals surface area contributed by atoms with Crippen molar-refractivity contribution >= 4 is 16.8 Å². The third-order valence-corrected chi connectivity index (χ3v) is 5.23. The number of tetrazole rings is 1. The number of carbonyl (C=O) groups is 1. The summed E-state index contributed by atoms with van der Waals surface area (Å²) in [6, 6.07) is 10.0. The van der Waals surface area contributed by atoms with Crippen molar-refractivity contribution in [3.63, 3.8) is 0 Å². The topological polar surface area (TPSA) is 97.0 Å². The van der Waals surface area contributed by atoms with Gasteiger partial charge in [0.05, 0.1) is 18.2 Å². The first-order valence-corrected chi connectivity index (χ1v) is 9.13. The Morgan fingerprint density at radius 1 is 1.26 bits per heavy atom. The summed E-state index contributed by atoms with van der Waals surface area (Å²) in [5.41, 5.74) is 2.11. The minimum atomic E-state index is -0.518. The summed E-state index contributed by atoms with van der Waals surface area (Å²) >= 11 is 0. The van der Waals surface area contributed by atoms with Crippen LogP contribution in [0.4, 0.5) is 0 Å². The lowest BCUT2D eigenvalue weighted by Crippen LogP contribution is -2.30. The van der Waals surface area contributed by atoms with Crippen molar-refractivity contribution in [1.29, 1.82) is 0 Å². The van der Waals surface area contributed by atoms with Gasteiger partial charge in [0.25, 0.3) is 0 Å². The number of fused-ring (bicyclic) bond motifs is 1. The number of benzene rings is 1. The molecule has 0 bridgehead atoms. The molecule has 1 aromatic carbocycles. The Bertz CT molecular complexity index is 951. The maximum absolute atomic E-state index is 12.5. The Hall–Kier alpha value is -2.87. The molecule has 0 aliphatic carbocycles. The molecule has 140 valence electrons. The summed E-state index contributed by atoms with van der Waals surface area (Å²) in [4.78, 5) is 18.7. The molecule has 0 radical (unpaired) electrons. The summed E-state index contributed by atoms with van der Waals surface area (Å²) < 4.78 is 1.62. The van der Waals surface area contributed by atoms with Crippen LogP contribution in [0, 0.1) is 12.8 Å². The molecule has 0 saturated carbocycles. The van der Waals surface area contributed by atoms with Crippen LogP contribution in [0.2, 0.25) is 0 Å². The molecule has 8 nitrogen and oxygen atoms in total. The highest BCUT2D eigenvalue weighted by atomic mass is 16.3. The lowest BCUT2D eigenvalue weighted by molar-refractivity contribution is -0.130. The van der Waals surface area contributed by atoms with E-state index < -0.39 is 6.10 Å². The number of nitrogens with zero attached hydrogens (tertiary/aromatic N) is 6. The Morgan fingerprint density at radius 3 is 2.93 bits per heavy atom. The average molecular weight is 366 g/mol. The zero-order chi connectivity index (χ0) is 18.8. The van der Waals surface area contributed by atoms with Crippen LogP contribution < -0.4 is 0 Å². The lowest BCUT2D eigenvalue weighted by atomic mass is 9.94. The number of aryl methyl sites for hydroxylation is 2. The van der Waals surface area contributed by atoms with Crippen LogP contribution in [0.25, 0.3) is 10.9 Å². The number of aliphatic hydroxyl groups excluding tert-OH is 1. The Kier molecular flexibility index (Phi) is 4.81. The minimum absolute atomic E-state index is 0.0195. The van der Waals surface area contributed by atoms with E-state index in [1.54, 1.807) is 22.7 Å². The number of hydrogen-bond acceptors (Lipinski definition) is 6. The van der Waals surface area contributed by atoms with E-state index in [0.29, 0.717) is 31.9 Å². The molecule has 3 heterocycles. The quantitative estimate of drug-likeness (QED) is 0.723. The second kappa shape index (κ2) is 7.40. The third kappa shape index (κ3) is 3.66. The first kappa shape index (κ1) is 17.5. The van der Waals surface area contributed by atoms with Gasteiger partial charge in [-0.1, -0.05) is 18.2 Å². The highest BCUT2D eigenvalue weighted by Crippen LogP contribution is 2.25. The molecule has 1 fully saturated rings. The average Bonchev–Trinajstić information content (AvgIpc) is 3.26. The molecule has 0 spiro atoms. The maximum atomic E-state index is 12.5. The van der Waals surface area contributed by atoms with Gasteiger partial charge in [0.15, 0.2) is 0 Å². The molecule has 1 aliphatic rings. The second-order valence-electron chi connectivity index (χ2n) is 7.02. The van der Waals surface area contributed by atoms with Gasteiger partial charge in [-0.15, -0.1) is 5.10 Å². The smallest absolute Gasteiger partial charge is 0.224 e. The van der Waals surface area contributed by atoms with Gasteiger partial charge in [-0.25, -0.2) is 4.68 Å². The van der Waals surface area contributed by atoms with Crippen LogP contribution in [-0.2, 0) is 17.8 Å². The number of aliphatic hydroxyl groups is 1. The molecule has 2 aromatic heterocycles. The van der Waals surface area contributed by atoms with Crippen molar-refractivity contribution in [2.75, 3.05) is 13.1 Å². The largest absolute Gasteiger partial charge is 0.391 e. The van der Waals surface area contributed by atoms with Crippen molar-refractivity contribution in [2.45, 2.75) is 32.4 Å². The van der Waals surface area contributed by atoms with Crippen molar-refractivity contribution < 1.29 is 9.90 Å². The third-order valence-electron chi connectivity index (χ3n) is 5.23. The van der Waals surface area contributed by atoms with E-state index in [1.165, 1.54) is 0 Å². The van der Waals surface area contributed by atoms with Crippen molar-refractivity contribution in [3.8, 4) is 0 Å². The van der Waals surface area contributed by atoms with E-state index >= 15 is 0 Å². The van der Waals surface area contributed by atoms with Gasteiger partial charge >= 0.3 is 0 Å². The summed E-state index contributed by atoms with van der Waals surface area (Å²) in [5, 5.41) is 22.9. The maximum Gasteiger partial charge on any atom is 0.224 e. The number of rotatable bonds is 5. The van der Waals surface area contributed by atoms with Gasteiger partial charge in [0, 0.05) is 37.0 Å². The molecular formula is C19H22N6O2. The first-order chi connectivity index (χ1) is 13.1. The molecule has 8 heteroatoms. The molecule has 1 saturated heterocycles. The summed E-state index contributed by atoms with van der Waals surface area (Å²) in [5.74, 6) is 0.729. The number of likely N-dealkylation sites (tertiary alicyclic amines) is 1. The van der Waals surface area contributed by atoms with Gasteiger partial charge in [0.2, 0.25) is 5.91 Å². The highest BCUT2D eigenvalue weighted by molar-refractivity contribution is 5.82. The molecule has 3 aromatic rings. The molecule has 1 aliphatic heterocycles. The van der Waals surface area contributed by atoms with Gasteiger partial charge in [0.1, 0.15) is 5.82 Å². The molecule has 27 heavy (non-hydrogen) atoms. The monoisotopic (exact) mass is 366 g/mol. The van der Waals surface area contributed by atoms with Crippen LogP contribution in [0.3, 0.4) is 0 Å². The summed E-state index contributed by atoms with van der Waals surface area (Å²) in [6.45, 7) is 3.19. The van der Waals surface area contributed by atoms with Gasteiger partial charge < -0.3 is 10.0 Å². The SMILES string of the molecule is Cc1nnnn1CCC(=O)N1C[C@@H](Cc2ccnc3ccccc23)[C@@H](O)C1. The van der Waals surface area contributed by atoms with E-state index in [-0.39, 0.29) is 11.8 Å². The summed E-state index contributed by atoms with van der Waals surface area (Å²) in [7, 11) is 0. The standard InChI is InChI=1S/C19H22N6O2/c1-13-21-22-23-25(13)9-7-19(27)24-11-15(18(26)12-24)10-14-6-8-20-17-5-3-2-4-16(14)17/h2-6,8,15,18,26H,7,9-12H2,1H3/t15-,18+/m1/s1. The molecule has 0 unspecified atom stereocenters. The van der Waals surface area contributed by atoms with Crippen molar-refractivity contribution in [3.05, 3.63) is 47.9 Å². The molecule has 2 atom stereocenters. The van der Waals surface area contributed by atoms with E-state index in [1.807, 2.05) is 24.3 Å². The van der Waals surface area contributed by atoms with Crippen LogP contribution in [0.15, 0.2) is 36.5 Å². The second-order valence-corrected chi connectivity index (χ2v) is 7.02. The van der Waals surface area contributed by atoms with Crippen LogP contribution in [0.1, 0.15) is 17.8 Å². The molecule has 1 amide bonds. The number of para-hydroxylation sites is 1. The predicted molar refractivity (Wildman–Crippen MR) is 98.7 cm³/mol. The van der Waals surface area contributed by atoms with Gasteiger partial charge in [-0.05, 0) is 41.5 Å². The molecular weight excluding hydrogens is 344 g/mol. The lowest BCUT2D eigenvalue weighted by Gasteiger charge is -2.16. The Balaban J connectivity index is 1.40. The molecule has 1 N–H and O–H groups in total. The minimum Gasteiger partial charge on any atom is -0.391 e. The first-order valence-electron chi connectivity index (χ1n) is 9.13. The van der Waals surface area contributed by atoms with E-state index in [2.05, 4.69) is 26.6 Å². The number of β-amino-alcohol motifs (C(OH)–C–C–N with tert-alkyl or cyclic N) is 1. The van der Waals surface area contributed by atoms with Crippen molar-refractivity contribution in [2.24, 2.45) is 5.92 Å². The Labute approximate surface area is 156 Å². The fourth-order valence-corrected chi connectivity index (χ4v) is 3.69. The Morgan fingerprint density at radius 2 is 2.11 bits per heavy atom. The van der Waals surface area contributed by atoms with E-state index in [4.69, 9.17) is 0 Å².